The number of aliphatic hydroxyl groups is 1. The summed E-state index contributed by atoms with van der Waals surface area (Å²) in [6.07, 6.45) is 1.54. The Kier molecular flexibility index (Phi) is 7.95. The fraction of sp³-hybridized carbons (Fsp3) is 0.381. The summed E-state index contributed by atoms with van der Waals surface area (Å²) in [6.45, 7) is 4.40. The number of hydrogen-bond acceptors (Lipinski definition) is 3. The maximum Gasteiger partial charge on any atom is 0.255 e. The second-order valence-electron chi connectivity index (χ2n) is 6.48. The van der Waals surface area contributed by atoms with Gasteiger partial charge in [-0.25, -0.2) is 0 Å². The van der Waals surface area contributed by atoms with Crippen molar-refractivity contribution in [3.8, 4) is 5.75 Å². The summed E-state index contributed by atoms with van der Waals surface area (Å²) in [7, 11) is 0. The molecule has 0 fully saturated rings. The minimum absolute atomic E-state index is 0.0151. The topological polar surface area (TPSA) is 58.6 Å². The lowest BCUT2D eigenvalue weighted by Gasteiger charge is -2.21. The van der Waals surface area contributed by atoms with Crippen molar-refractivity contribution in [3.05, 3.63) is 64.7 Å². The van der Waals surface area contributed by atoms with E-state index < -0.39 is 0 Å². The number of aliphatic hydroxyl groups excluding tert-OH is 1. The lowest BCUT2D eigenvalue weighted by atomic mass is 10.0. The van der Waals surface area contributed by atoms with Crippen molar-refractivity contribution in [1.29, 1.82) is 0 Å². The molecule has 140 valence electrons. The van der Waals surface area contributed by atoms with Crippen LogP contribution in [0.25, 0.3) is 0 Å². The quantitative estimate of drug-likeness (QED) is 0.680. The number of amides is 1. The Morgan fingerprint density at radius 1 is 1.19 bits per heavy atom. The normalized spacial score (nSPS) is 13.1. The zero-order chi connectivity index (χ0) is 18.9. The van der Waals surface area contributed by atoms with Crippen molar-refractivity contribution in [2.75, 3.05) is 6.61 Å². The van der Waals surface area contributed by atoms with Crippen LogP contribution in [-0.4, -0.2) is 23.7 Å². The van der Waals surface area contributed by atoms with Crippen molar-refractivity contribution in [2.45, 2.75) is 39.3 Å². The van der Waals surface area contributed by atoms with Gasteiger partial charge >= 0.3 is 0 Å². The molecular weight excluding hydrogens is 350 g/mol. The van der Waals surface area contributed by atoms with E-state index in [9.17, 15) is 9.90 Å². The van der Waals surface area contributed by atoms with Gasteiger partial charge in [-0.05, 0) is 37.0 Å². The molecule has 5 heteroatoms. The molecule has 0 saturated heterocycles. The van der Waals surface area contributed by atoms with Crippen LogP contribution in [0.1, 0.15) is 42.6 Å². The first kappa shape index (κ1) is 20.3. The maximum absolute atomic E-state index is 12.7. The van der Waals surface area contributed by atoms with Crippen LogP contribution in [0.2, 0.25) is 5.02 Å². The number of hydrogen-bond donors (Lipinski definition) is 2. The average molecular weight is 376 g/mol. The Hall–Kier alpha value is -2.04. The van der Waals surface area contributed by atoms with Crippen molar-refractivity contribution in [1.82, 2.24) is 5.32 Å². The highest BCUT2D eigenvalue weighted by Crippen LogP contribution is 2.22. The van der Waals surface area contributed by atoms with Crippen molar-refractivity contribution in [2.24, 2.45) is 5.92 Å². The van der Waals surface area contributed by atoms with E-state index in [0.717, 1.165) is 18.4 Å². The van der Waals surface area contributed by atoms with Crippen LogP contribution in [0.4, 0.5) is 0 Å². The number of nitrogens with one attached hydrogen (secondary N) is 1. The summed E-state index contributed by atoms with van der Waals surface area (Å²) in [5.41, 5.74) is 1.36. The van der Waals surface area contributed by atoms with E-state index >= 15 is 0 Å². The predicted octanol–water partition coefficient (Wildman–Crippen LogP) is 4.45. The van der Waals surface area contributed by atoms with Gasteiger partial charge in [-0.2, -0.15) is 0 Å². The van der Waals surface area contributed by atoms with E-state index in [1.165, 1.54) is 0 Å². The van der Waals surface area contributed by atoms with E-state index in [1.807, 2.05) is 50.2 Å². The Balaban J connectivity index is 2.07. The zero-order valence-corrected chi connectivity index (χ0v) is 16.0. The van der Waals surface area contributed by atoms with Gasteiger partial charge in [0.2, 0.25) is 0 Å². The van der Waals surface area contributed by atoms with Crippen LogP contribution >= 0.6 is 11.6 Å². The van der Waals surface area contributed by atoms with Gasteiger partial charge in [-0.15, -0.1) is 0 Å². The molecule has 2 aromatic carbocycles. The summed E-state index contributed by atoms with van der Waals surface area (Å²) >= 11 is 6.16. The minimum Gasteiger partial charge on any atom is -0.488 e. The highest BCUT2D eigenvalue weighted by molar-refractivity contribution is 6.31. The van der Waals surface area contributed by atoms with Gasteiger partial charge in [0.15, 0.2) is 0 Å². The van der Waals surface area contributed by atoms with Gasteiger partial charge < -0.3 is 15.2 Å². The summed E-state index contributed by atoms with van der Waals surface area (Å²) in [5.74, 6) is 0.499. The van der Waals surface area contributed by atoms with E-state index in [2.05, 4.69) is 5.32 Å². The van der Waals surface area contributed by atoms with E-state index in [0.29, 0.717) is 22.9 Å². The van der Waals surface area contributed by atoms with Crippen molar-refractivity contribution >= 4 is 17.5 Å². The zero-order valence-electron chi connectivity index (χ0n) is 15.2. The second-order valence-corrected chi connectivity index (χ2v) is 6.89. The summed E-state index contributed by atoms with van der Waals surface area (Å²) < 4.78 is 5.86. The molecule has 4 nitrogen and oxygen atoms in total. The molecule has 2 aromatic rings. The molecule has 26 heavy (non-hydrogen) atoms. The van der Waals surface area contributed by atoms with E-state index in [-0.39, 0.29) is 24.5 Å². The van der Waals surface area contributed by atoms with Crippen LogP contribution in [0.15, 0.2) is 48.5 Å². The van der Waals surface area contributed by atoms with E-state index in [1.54, 1.807) is 12.1 Å². The molecule has 0 aliphatic carbocycles. The summed E-state index contributed by atoms with van der Waals surface area (Å²) in [6, 6.07) is 14.7. The molecule has 0 saturated carbocycles. The van der Waals surface area contributed by atoms with Gasteiger partial charge in [0, 0.05) is 23.2 Å². The van der Waals surface area contributed by atoms with Gasteiger partial charge in [0.05, 0.1) is 5.56 Å². The molecule has 2 N–H and O–H groups in total. The fourth-order valence-corrected chi connectivity index (χ4v) is 2.89. The number of carbonyl (C=O) groups excluding carboxylic acids is 1. The largest absolute Gasteiger partial charge is 0.488 e. The number of halogens is 1. The van der Waals surface area contributed by atoms with Gasteiger partial charge in [0.1, 0.15) is 12.4 Å². The number of para-hydroxylation sites is 1. The fourth-order valence-electron chi connectivity index (χ4n) is 2.70. The number of rotatable bonds is 9. The molecule has 0 aliphatic rings. The Morgan fingerprint density at radius 3 is 2.58 bits per heavy atom. The van der Waals surface area contributed by atoms with Gasteiger partial charge in [-0.3, -0.25) is 4.79 Å². The van der Waals surface area contributed by atoms with E-state index in [4.69, 9.17) is 16.3 Å². The molecule has 0 spiro atoms. The lowest BCUT2D eigenvalue weighted by Crippen LogP contribution is -2.36. The highest BCUT2D eigenvalue weighted by atomic mass is 35.5. The average Bonchev–Trinajstić information content (AvgIpc) is 2.66. The lowest BCUT2D eigenvalue weighted by molar-refractivity contribution is 0.0921. The van der Waals surface area contributed by atoms with Crippen LogP contribution in [0, 0.1) is 5.92 Å². The Labute approximate surface area is 160 Å². The monoisotopic (exact) mass is 375 g/mol. The van der Waals surface area contributed by atoms with Crippen LogP contribution in [0.3, 0.4) is 0 Å². The molecule has 0 aromatic heterocycles. The third-order valence-electron chi connectivity index (χ3n) is 4.30. The van der Waals surface area contributed by atoms with Crippen molar-refractivity contribution in [3.63, 3.8) is 0 Å². The molecule has 0 radical (unpaired) electrons. The van der Waals surface area contributed by atoms with Crippen molar-refractivity contribution < 1.29 is 14.6 Å². The van der Waals surface area contributed by atoms with Crippen LogP contribution < -0.4 is 10.1 Å². The standard InChI is InChI=1S/C21H26ClNO3/c1-3-17(12-15(2)13-24)23-21(25)18-9-5-7-11-20(18)26-14-16-8-4-6-10-19(16)22/h4-11,15,17,24H,3,12-14H2,1-2H3,(H,23,25)/t15-,17+/m0/s1. The van der Waals surface area contributed by atoms with Gasteiger partial charge in [0.25, 0.3) is 5.91 Å². The molecule has 0 unspecified atom stereocenters. The van der Waals surface area contributed by atoms with Crippen LogP contribution in [-0.2, 0) is 6.61 Å². The maximum atomic E-state index is 12.7. The molecular formula is C21H26ClNO3. The summed E-state index contributed by atoms with van der Waals surface area (Å²) in [5, 5.41) is 12.9. The first-order valence-corrected chi connectivity index (χ1v) is 9.29. The number of benzene rings is 2. The molecule has 2 atom stereocenters. The summed E-state index contributed by atoms with van der Waals surface area (Å²) in [4.78, 5) is 12.7. The molecule has 2 rings (SSSR count). The third-order valence-corrected chi connectivity index (χ3v) is 4.67. The first-order chi connectivity index (χ1) is 12.5. The Bertz CT molecular complexity index is 720. The smallest absolute Gasteiger partial charge is 0.255 e. The SMILES string of the molecule is CC[C@H](C[C@H](C)CO)NC(=O)c1ccccc1OCc1ccccc1Cl. The Morgan fingerprint density at radius 2 is 1.88 bits per heavy atom. The first-order valence-electron chi connectivity index (χ1n) is 8.92. The number of ether oxygens (including phenoxy) is 1. The predicted molar refractivity (Wildman–Crippen MR) is 105 cm³/mol. The third kappa shape index (κ3) is 5.75. The van der Waals surface area contributed by atoms with Gasteiger partial charge in [-0.1, -0.05) is 55.8 Å². The molecule has 0 aliphatic heterocycles. The molecule has 0 bridgehead atoms. The molecule has 0 heterocycles. The van der Waals surface area contributed by atoms with Crippen LogP contribution in [0.5, 0.6) is 5.75 Å². The minimum atomic E-state index is -0.170. The number of carbonyl (C=O) groups is 1. The molecule has 1 amide bonds. The highest BCUT2D eigenvalue weighted by Gasteiger charge is 2.18. The second kappa shape index (κ2) is 10.2.